The highest BCUT2D eigenvalue weighted by Gasteiger charge is 2.49. The van der Waals surface area contributed by atoms with Gasteiger partial charge in [-0.05, 0) is 43.2 Å². The summed E-state index contributed by atoms with van der Waals surface area (Å²) in [6.07, 6.45) is 0. The van der Waals surface area contributed by atoms with E-state index in [1.807, 2.05) is 47.4 Å². The second kappa shape index (κ2) is 8.43. The maximum Gasteiger partial charge on any atom is 0.326 e. The quantitative estimate of drug-likeness (QED) is 0.537. The van der Waals surface area contributed by atoms with Crippen molar-refractivity contribution in [2.45, 2.75) is 31.2 Å². The predicted molar refractivity (Wildman–Crippen MR) is 128 cm³/mol. The fourth-order valence-corrected chi connectivity index (χ4v) is 6.52. The van der Waals surface area contributed by atoms with E-state index in [0.29, 0.717) is 24.3 Å². The van der Waals surface area contributed by atoms with Crippen LogP contribution < -0.4 is 5.32 Å². The Morgan fingerprint density at radius 1 is 1.03 bits per heavy atom. The number of carbonyl (C=O) groups is 2. The second-order valence-corrected chi connectivity index (χ2v) is 11.0. The molecule has 1 unspecified atom stereocenters. The van der Waals surface area contributed by atoms with Gasteiger partial charge in [0.1, 0.15) is 16.1 Å². The number of carbonyl (C=O) groups excluding carboxylic acids is 2. The molecule has 5 rings (SSSR count). The van der Waals surface area contributed by atoms with Gasteiger partial charge in [-0.2, -0.15) is 4.31 Å². The molecule has 0 bridgehead atoms. The summed E-state index contributed by atoms with van der Waals surface area (Å²) in [7, 11) is -3.73. The first-order valence-electron chi connectivity index (χ1n) is 11.4. The number of aryl methyl sites for hydroxylation is 2. The second-order valence-electron chi connectivity index (χ2n) is 9.17. The van der Waals surface area contributed by atoms with E-state index in [-0.39, 0.29) is 36.3 Å². The van der Waals surface area contributed by atoms with Crippen LogP contribution in [0.4, 0.5) is 4.79 Å². The van der Waals surface area contributed by atoms with Crippen molar-refractivity contribution in [2.24, 2.45) is 0 Å². The Bertz CT molecular complexity index is 1410. The number of sulfonamides is 1. The normalized spacial score (nSPS) is 22.2. The zero-order valence-electron chi connectivity index (χ0n) is 19.8. The number of benzene rings is 2. The summed E-state index contributed by atoms with van der Waals surface area (Å²) in [5.41, 5.74) is -0.125. The summed E-state index contributed by atoms with van der Waals surface area (Å²) < 4.78 is 32.5. The Hall–Kier alpha value is -3.28. The average Bonchev–Trinajstić information content (AvgIpc) is 3.30. The molecule has 1 N–H and O–H groups in total. The van der Waals surface area contributed by atoms with E-state index in [4.69, 9.17) is 4.52 Å². The summed E-state index contributed by atoms with van der Waals surface area (Å²) in [5.74, 6) is -0.0687. The lowest BCUT2D eigenvalue weighted by molar-refractivity contribution is -0.132. The molecule has 0 spiro atoms. The van der Waals surface area contributed by atoms with Gasteiger partial charge in [0.15, 0.2) is 5.76 Å². The molecular weight excluding hydrogens is 470 g/mol. The monoisotopic (exact) mass is 497 g/mol. The van der Waals surface area contributed by atoms with Gasteiger partial charge in [0.05, 0.1) is 6.67 Å². The van der Waals surface area contributed by atoms with Crippen LogP contribution in [0.3, 0.4) is 0 Å². The van der Waals surface area contributed by atoms with Crippen LogP contribution in [0.15, 0.2) is 51.9 Å². The van der Waals surface area contributed by atoms with E-state index in [0.717, 1.165) is 10.8 Å². The molecule has 35 heavy (non-hydrogen) atoms. The Kier molecular flexibility index (Phi) is 5.65. The Labute approximate surface area is 203 Å². The molecule has 3 heterocycles. The number of urea groups is 1. The number of rotatable bonds is 5. The van der Waals surface area contributed by atoms with Gasteiger partial charge in [-0.15, -0.1) is 0 Å². The van der Waals surface area contributed by atoms with Gasteiger partial charge < -0.3 is 9.84 Å². The smallest absolute Gasteiger partial charge is 0.326 e. The van der Waals surface area contributed by atoms with Crippen LogP contribution in [0.25, 0.3) is 10.8 Å². The zero-order valence-corrected chi connectivity index (χ0v) is 20.6. The average molecular weight is 498 g/mol. The van der Waals surface area contributed by atoms with Gasteiger partial charge in [0.2, 0.25) is 10.0 Å². The van der Waals surface area contributed by atoms with Crippen LogP contribution in [0, 0.1) is 13.8 Å². The van der Waals surface area contributed by atoms with Crippen molar-refractivity contribution in [2.75, 3.05) is 32.8 Å². The van der Waals surface area contributed by atoms with Crippen molar-refractivity contribution >= 4 is 32.7 Å². The molecular formula is C24H27N5O5S. The van der Waals surface area contributed by atoms with Gasteiger partial charge >= 0.3 is 6.03 Å². The number of nitrogens with one attached hydrogen (secondary N) is 1. The lowest BCUT2D eigenvalue weighted by Crippen LogP contribution is -2.52. The largest absolute Gasteiger partial charge is 0.360 e. The molecule has 0 saturated carbocycles. The lowest BCUT2D eigenvalue weighted by atomic mass is 9.90. The number of imide groups is 1. The van der Waals surface area contributed by atoms with Crippen molar-refractivity contribution in [1.82, 2.24) is 24.6 Å². The molecule has 10 nitrogen and oxygen atoms in total. The number of amides is 3. The minimum Gasteiger partial charge on any atom is -0.360 e. The summed E-state index contributed by atoms with van der Waals surface area (Å²) in [4.78, 5) is 29.4. The topological polar surface area (TPSA) is 116 Å². The molecule has 1 atom stereocenters. The minimum absolute atomic E-state index is 0.0903. The minimum atomic E-state index is -3.73. The fourth-order valence-electron chi connectivity index (χ4n) is 4.80. The predicted octanol–water partition coefficient (Wildman–Crippen LogP) is 2.18. The number of piperazine rings is 1. The number of hydrogen-bond donors (Lipinski definition) is 1. The maximum absolute atomic E-state index is 13.4. The molecule has 0 aliphatic carbocycles. The third-order valence-electron chi connectivity index (χ3n) is 6.84. The van der Waals surface area contributed by atoms with E-state index < -0.39 is 21.6 Å². The third kappa shape index (κ3) is 3.89. The summed E-state index contributed by atoms with van der Waals surface area (Å²) in [6.45, 7) is 6.21. The molecule has 184 valence electrons. The van der Waals surface area contributed by atoms with Crippen molar-refractivity contribution < 1.29 is 22.5 Å². The molecule has 3 amide bonds. The molecule has 2 aliphatic heterocycles. The summed E-state index contributed by atoms with van der Waals surface area (Å²) >= 11 is 0. The highest BCUT2D eigenvalue weighted by molar-refractivity contribution is 7.89. The maximum atomic E-state index is 13.4. The molecule has 2 aliphatic rings. The highest BCUT2D eigenvalue weighted by atomic mass is 32.2. The van der Waals surface area contributed by atoms with E-state index in [1.54, 1.807) is 20.8 Å². The van der Waals surface area contributed by atoms with Gasteiger partial charge in [0.25, 0.3) is 5.91 Å². The first-order valence-corrected chi connectivity index (χ1v) is 12.8. The van der Waals surface area contributed by atoms with Crippen LogP contribution >= 0.6 is 0 Å². The first kappa shape index (κ1) is 23.5. The molecule has 1 aromatic heterocycles. The standard InChI is InChI=1S/C24H27N5O5S/c1-16-21(17(2)34-26-16)35(32,33)28-12-10-27(11-13-28)15-29-22(30)24(3,25-23(29)31)20-9-8-18-6-4-5-7-19(18)14-20/h4-9,14H,10-13,15H2,1-3H3,(H,25,31). The summed E-state index contributed by atoms with van der Waals surface area (Å²) in [6, 6.07) is 13.1. The Morgan fingerprint density at radius 3 is 2.37 bits per heavy atom. The zero-order chi connectivity index (χ0) is 25.0. The number of nitrogens with zero attached hydrogens (tertiary/aromatic N) is 4. The fraction of sp³-hybridized carbons (Fsp3) is 0.375. The van der Waals surface area contributed by atoms with Gasteiger partial charge in [-0.25, -0.2) is 18.1 Å². The highest BCUT2D eigenvalue weighted by Crippen LogP contribution is 2.31. The van der Waals surface area contributed by atoms with Crippen LogP contribution in [0.5, 0.6) is 0 Å². The number of fused-ring (bicyclic) bond motifs is 1. The van der Waals surface area contributed by atoms with E-state index >= 15 is 0 Å². The SMILES string of the molecule is Cc1noc(C)c1S(=O)(=O)N1CCN(CN2C(=O)NC(C)(c3ccc4ccccc4c3)C2=O)CC1. The van der Waals surface area contributed by atoms with Crippen molar-refractivity contribution in [3.8, 4) is 0 Å². The molecule has 2 aromatic carbocycles. The van der Waals surface area contributed by atoms with E-state index in [1.165, 1.54) is 9.21 Å². The Balaban J connectivity index is 1.28. The summed E-state index contributed by atoms with van der Waals surface area (Å²) in [5, 5.41) is 8.65. The molecule has 0 radical (unpaired) electrons. The third-order valence-corrected chi connectivity index (χ3v) is 8.98. The molecule has 2 fully saturated rings. The van der Waals surface area contributed by atoms with Crippen molar-refractivity contribution in [3.05, 3.63) is 59.5 Å². The van der Waals surface area contributed by atoms with Crippen LogP contribution in [0.1, 0.15) is 23.9 Å². The van der Waals surface area contributed by atoms with Crippen LogP contribution in [-0.2, 0) is 20.4 Å². The number of hydrogen-bond acceptors (Lipinski definition) is 7. The van der Waals surface area contributed by atoms with E-state index in [2.05, 4.69) is 10.5 Å². The van der Waals surface area contributed by atoms with Crippen LogP contribution in [0.2, 0.25) is 0 Å². The molecule has 3 aromatic rings. The van der Waals surface area contributed by atoms with Gasteiger partial charge in [0, 0.05) is 26.2 Å². The first-order chi connectivity index (χ1) is 16.6. The Morgan fingerprint density at radius 2 is 1.71 bits per heavy atom. The molecule has 11 heteroatoms. The van der Waals surface area contributed by atoms with Crippen molar-refractivity contribution in [1.29, 1.82) is 0 Å². The number of aromatic nitrogens is 1. The van der Waals surface area contributed by atoms with E-state index in [9.17, 15) is 18.0 Å². The van der Waals surface area contributed by atoms with Gasteiger partial charge in [-0.3, -0.25) is 9.69 Å². The van der Waals surface area contributed by atoms with Crippen LogP contribution in [-0.4, -0.2) is 72.5 Å². The van der Waals surface area contributed by atoms with Crippen molar-refractivity contribution in [3.63, 3.8) is 0 Å². The van der Waals surface area contributed by atoms with Gasteiger partial charge in [-0.1, -0.05) is 41.6 Å². The molecule has 2 saturated heterocycles. The lowest BCUT2D eigenvalue weighted by Gasteiger charge is -2.35.